The average molecular weight is 328 g/mol. The normalized spacial score (nSPS) is 22.5. The highest BCUT2D eigenvalue weighted by molar-refractivity contribution is 14.0. The Bertz CT molecular complexity index is 201. The predicted molar refractivity (Wildman–Crippen MR) is 72.8 cm³/mol. The van der Waals surface area contributed by atoms with E-state index in [0.717, 1.165) is 32.7 Å². The summed E-state index contributed by atoms with van der Waals surface area (Å²) in [6.45, 7) is 3.93. The number of rotatable bonds is 4. The Labute approximate surface area is 108 Å². The van der Waals surface area contributed by atoms with Crippen molar-refractivity contribution in [1.82, 2.24) is 10.2 Å². The second-order valence-electron chi connectivity index (χ2n) is 3.53. The van der Waals surface area contributed by atoms with Crippen LogP contribution in [0.4, 0.5) is 0 Å². The maximum atomic E-state index is 5.59. The van der Waals surface area contributed by atoms with Gasteiger partial charge >= 0.3 is 0 Å². The zero-order chi connectivity index (χ0) is 10.4. The molecule has 0 aliphatic carbocycles. The smallest absolute Gasteiger partial charge is 0.188 e. The molecule has 0 aromatic rings. The molecule has 1 aliphatic rings. The van der Waals surface area contributed by atoms with Crippen molar-refractivity contribution >= 4 is 29.9 Å². The van der Waals surface area contributed by atoms with Gasteiger partial charge in [0.2, 0.25) is 0 Å². The average Bonchev–Trinajstić information content (AvgIpc) is 2.62. The van der Waals surface area contributed by atoms with Gasteiger partial charge in [-0.15, -0.1) is 24.0 Å². The molecule has 0 saturated carbocycles. The molecule has 6 heteroatoms. The van der Waals surface area contributed by atoms with Crippen molar-refractivity contribution in [3.05, 3.63) is 0 Å². The topological polar surface area (TPSA) is 62.9 Å². The lowest BCUT2D eigenvalue weighted by molar-refractivity contribution is 0.160. The first-order valence-corrected chi connectivity index (χ1v) is 4.96. The number of methoxy groups -OCH3 is 1. The quantitative estimate of drug-likeness (QED) is 0.428. The van der Waals surface area contributed by atoms with E-state index in [0.29, 0.717) is 12.0 Å². The fourth-order valence-corrected chi connectivity index (χ4v) is 1.65. The van der Waals surface area contributed by atoms with Crippen LogP contribution in [0.1, 0.15) is 6.42 Å². The molecule has 15 heavy (non-hydrogen) atoms. The maximum Gasteiger partial charge on any atom is 0.188 e. The van der Waals surface area contributed by atoms with Gasteiger partial charge in [-0.3, -0.25) is 9.89 Å². The van der Waals surface area contributed by atoms with E-state index in [2.05, 4.69) is 15.2 Å². The first kappa shape index (κ1) is 14.9. The van der Waals surface area contributed by atoms with E-state index in [1.807, 2.05) is 0 Å². The molecular weight excluding hydrogens is 307 g/mol. The van der Waals surface area contributed by atoms with Gasteiger partial charge in [-0.1, -0.05) is 0 Å². The predicted octanol–water partition coefficient (Wildman–Crippen LogP) is -0.141. The van der Waals surface area contributed by atoms with Crippen molar-refractivity contribution in [3.8, 4) is 0 Å². The van der Waals surface area contributed by atoms with Gasteiger partial charge in [-0.05, 0) is 6.42 Å². The second kappa shape index (κ2) is 8.12. The van der Waals surface area contributed by atoms with E-state index in [-0.39, 0.29) is 24.0 Å². The lowest BCUT2D eigenvalue weighted by Crippen LogP contribution is -2.41. The maximum absolute atomic E-state index is 5.59. The first-order chi connectivity index (χ1) is 6.76. The molecule has 0 radical (unpaired) electrons. The van der Waals surface area contributed by atoms with Crippen LogP contribution in [-0.4, -0.2) is 57.3 Å². The summed E-state index contributed by atoms with van der Waals surface area (Å²) in [7, 11) is 3.42. The summed E-state index contributed by atoms with van der Waals surface area (Å²) in [5, 5.41) is 3.18. The van der Waals surface area contributed by atoms with E-state index in [4.69, 9.17) is 10.5 Å². The summed E-state index contributed by atoms with van der Waals surface area (Å²) in [5.41, 5.74) is 5.59. The van der Waals surface area contributed by atoms with Crippen LogP contribution in [0, 0.1) is 0 Å². The number of nitrogens with zero attached hydrogens (tertiary/aromatic N) is 2. The van der Waals surface area contributed by atoms with Gasteiger partial charge < -0.3 is 15.8 Å². The summed E-state index contributed by atoms with van der Waals surface area (Å²) >= 11 is 0. The zero-order valence-corrected chi connectivity index (χ0v) is 11.7. The Balaban J connectivity index is 0.00000196. The summed E-state index contributed by atoms with van der Waals surface area (Å²) in [6.07, 6.45) is 1.12. The Kier molecular flexibility index (Phi) is 8.07. The molecular formula is C9H21IN4O. The number of nitrogens with one attached hydrogen (secondary N) is 1. The lowest BCUT2D eigenvalue weighted by Gasteiger charge is -2.16. The number of hydrogen-bond donors (Lipinski definition) is 2. The molecule has 1 rings (SSSR count). The van der Waals surface area contributed by atoms with Crippen molar-refractivity contribution < 1.29 is 4.74 Å². The molecule has 0 spiro atoms. The minimum Gasteiger partial charge on any atom is -0.383 e. The summed E-state index contributed by atoms with van der Waals surface area (Å²) in [4.78, 5) is 6.24. The molecule has 5 nitrogen and oxygen atoms in total. The molecule has 90 valence electrons. The van der Waals surface area contributed by atoms with Crippen LogP contribution in [0.3, 0.4) is 0 Å². The molecule has 3 N–H and O–H groups in total. The van der Waals surface area contributed by atoms with E-state index < -0.39 is 0 Å². The van der Waals surface area contributed by atoms with Crippen LogP contribution >= 0.6 is 24.0 Å². The number of halogens is 1. The highest BCUT2D eigenvalue weighted by atomic mass is 127. The highest BCUT2D eigenvalue weighted by Crippen LogP contribution is 2.07. The minimum absolute atomic E-state index is 0. The third kappa shape index (κ3) is 5.53. The van der Waals surface area contributed by atoms with Crippen LogP contribution in [0.15, 0.2) is 4.99 Å². The molecule has 0 aromatic carbocycles. The number of nitrogens with two attached hydrogens (primary N) is 1. The molecule has 1 fully saturated rings. The van der Waals surface area contributed by atoms with E-state index in [1.165, 1.54) is 0 Å². The zero-order valence-electron chi connectivity index (χ0n) is 9.40. The van der Waals surface area contributed by atoms with Crippen molar-refractivity contribution in [1.29, 1.82) is 0 Å². The van der Waals surface area contributed by atoms with E-state index in [9.17, 15) is 0 Å². The van der Waals surface area contributed by atoms with Crippen molar-refractivity contribution in [2.45, 2.75) is 12.5 Å². The van der Waals surface area contributed by atoms with Gasteiger partial charge in [0.05, 0.1) is 6.61 Å². The largest absolute Gasteiger partial charge is 0.383 e. The van der Waals surface area contributed by atoms with Crippen LogP contribution in [0.5, 0.6) is 0 Å². The van der Waals surface area contributed by atoms with Crippen molar-refractivity contribution in [2.24, 2.45) is 10.7 Å². The summed E-state index contributed by atoms with van der Waals surface area (Å²) in [5.74, 6) is 0.531. The summed E-state index contributed by atoms with van der Waals surface area (Å²) in [6, 6.07) is 0.440. The molecule has 0 bridgehead atoms. The van der Waals surface area contributed by atoms with Crippen LogP contribution in [0.2, 0.25) is 0 Å². The third-order valence-corrected chi connectivity index (χ3v) is 2.48. The van der Waals surface area contributed by atoms with Gasteiger partial charge in [-0.2, -0.15) is 0 Å². The van der Waals surface area contributed by atoms with Gasteiger partial charge in [0.1, 0.15) is 0 Å². The minimum atomic E-state index is 0. The fraction of sp³-hybridized carbons (Fsp3) is 0.889. The number of guanidine groups is 1. The summed E-state index contributed by atoms with van der Waals surface area (Å²) < 4.78 is 5.03. The van der Waals surface area contributed by atoms with E-state index in [1.54, 1.807) is 14.2 Å². The number of likely N-dealkylation sites (tertiary alicyclic amines) is 1. The fourth-order valence-electron chi connectivity index (χ4n) is 1.65. The van der Waals surface area contributed by atoms with Crippen molar-refractivity contribution in [3.63, 3.8) is 0 Å². The monoisotopic (exact) mass is 328 g/mol. The number of ether oxygens (including phenoxy) is 1. The Morgan fingerprint density at radius 1 is 1.67 bits per heavy atom. The Hall–Kier alpha value is -0.0800. The van der Waals surface area contributed by atoms with Crippen LogP contribution in [0.25, 0.3) is 0 Å². The van der Waals surface area contributed by atoms with Crippen LogP contribution in [-0.2, 0) is 4.74 Å². The molecule has 1 aliphatic heterocycles. The highest BCUT2D eigenvalue weighted by Gasteiger charge is 2.21. The molecule has 0 aromatic heterocycles. The number of hydrogen-bond acceptors (Lipinski definition) is 3. The molecule has 1 unspecified atom stereocenters. The van der Waals surface area contributed by atoms with E-state index >= 15 is 0 Å². The standard InChI is InChI=1S/C9H20N4O.HI/c1-11-9(10)12-8-3-4-13(7-8)5-6-14-2;/h8H,3-7H2,1-2H3,(H3,10,11,12);1H. The van der Waals surface area contributed by atoms with Gasteiger partial charge in [0.15, 0.2) is 5.96 Å². The molecule has 1 atom stereocenters. The Morgan fingerprint density at radius 3 is 3.00 bits per heavy atom. The van der Waals surface area contributed by atoms with Crippen LogP contribution < -0.4 is 11.1 Å². The first-order valence-electron chi connectivity index (χ1n) is 4.96. The molecule has 1 saturated heterocycles. The van der Waals surface area contributed by atoms with Gasteiger partial charge in [0.25, 0.3) is 0 Å². The molecule has 0 amide bonds. The van der Waals surface area contributed by atoms with Gasteiger partial charge in [0, 0.05) is 39.8 Å². The third-order valence-electron chi connectivity index (χ3n) is 2.48. The molecule has 1 heterocycles. The Morgan fingerprint density at radius 2 is 2.40 bits per heavy atom. The van der Waals surface area contributed by atoms with Crippen molar-refractivity contribution in [2.75, 3.05) is 40.4 Å². The SMILES string of the molecule is CN=C(N)NC1CCN(CCOC)C1.I. The number of aliphatic imine (C=N–C) groups is 1. The second-order valence-corrected chi connectivity index (χ2v) is 3.53. The van der Waals surface area contributed by atoms with Gasteiger partial charge in [-0.25, -0.2) is 0 Å². The lowest BCUT2D eigenvalue weighted by atomic mass is 10.3.